The van der Waals surface area contributed by atoms with Gasteiger partial charge in [-0.05, 0) is 23.8 Å². The number of benzene rings is 3. The molecule has 0 aliphatic heterocycles. The second-order valence-corrected chi connectivity index (χ2v) is 6.56. The van der Waals surface area contributed by atoms with Gasteiger partial charge in [0.1, 0.15) is 0 Å². The Hall–Kier alpha value is -1.17. The van der Waals surface area contributed by atoms with E-state index in [4.69, 9.17) is 0 Å². The molecule has 0 aromatic heterocycles. The summed E-state index contributed by atoms with van der Waals surface area (Å²) in [4.78, 5) is 0. The summed E-state index contributed by atoms with van der Waals surface area (Å²) in [5.41, 5.74) is 0. The first-order valence-corrected chi connectivity index (χ1v) is 10.2. The molecule has 0 atom stereocenters. The van der Waals surface area contributed by atoms with E-state index in [2.05, 4.69) is 112 Å². The zero-order valence-corrected chi connectivity index (χ0v) is 15.0. The molecule has 0 fully saturated rings. The van der Waals surface area contributed by atoms with Crippen molar-refractivity contribution in [1.82, 2.24) is 0 Å². The van der Waals surface area contributed by atoms with E-state index in [9.17, 15) is 0 Å². The van der Waals surface area contributed by atoms with Crippen LogP contribution in [0, 0.1) is 0 Å². The molecule has 0 nitrogen and oxygen atoms in total. The first-order chi connectivity index (χ1) is 10.4. The SMILES string of the molecule is [CH3][Au].c1ccc(P(c2ccccc2)c2ccccc2)cc1. The van der Waals surface area contributed by atoms with E-state index < -0.39 is 7.92 Å². The molecule has 3 aromatic rings. The van der Waals surface area contributed by atoms with Crippen LogP contribution in [-0.4, -0.2) is 0 Å². The fourth-order valence-electron chi connectivity index (χ4n) is 2.18. The molecule has 0 spiro atoms. The summed E-state index contributed by atoms with van der Waals surface area (Å²) < 4.78 is 0. The molecule has 0 radical (unpaired) electrons. The second-order valence-electron chi connectivity index (χ2n) is 4.34. The van der Waals surface area contributed by atoms with Crippen LogP contribution in [0.15, 0.2) is 91.0 Å². The molecule has 21 heavy (non-hydrogen) atoms. The minimum absolute atomic E-state index is 0.446. The standard InChI is InChI=1S/C18H15P.CH3.Au/c1-4-10-16(11-5-1)19(17-12-6-2-7-13-17)18-14-8-3-9-15-18;;/h1-15H;1H3;. The second kappa shape index (κ2) is 8.97. The van der Waals surface area contributed by atoms with Crippen LogP contribution in [-0.2, 0) is 21.1 Å². The average Bonchev–Trinajstić information content (AvgIpc) is 2.60. The van der Waals surface area contributed by atoms with Gasteiger partial charge in [-0.15, -0.1) is 0 Å². The van der Waals surface area contributed by atoms with Gasteiger partial charge >= 0.3 is 26.2 Å². The third-order valence-corrected chi connectivity index (χ3v) is 5.49. The first-order valence-electron chi connectivity index (χ1n) is 6.70. The van der Waals surface area contributed by atoms with E-state index >= 15 is 0 Å². The van der Waals surface area contributed by atoms with Crippen LogP contribution >= 0.6 is 7.92 Å². The monoisotopic (exact) mass is 474 g/mol. The zero-order valence-electron chi connectivity index (χ0n) is 11.9. The Balaban J connectivity index is 0.000000774. The van der Waals surface area contributed by atoms with Gasteiger partial charge in [0, 0.05) is 0 Å². The summed E-state index contributed by atoms with van der Waals surface area (Å²) in [6, 6.07) is 32.3. The van der Waals surface area contributed by atoms with Gasteiger partial charge in [0.2, 0.25) is 0 Å². The molecule has 0 saturated heterocycles. The van der Waals surface area contributed by atoms with E-state index in [1.54, 1.807) is 0 Å². The molecule has 0 aliphatic rings. The largest absolute Gasteiger partial charge is 0.0622 e. The Bertz CT molecular complexity index is 530. The summed E-state index contributed by atoms with van der Waals surface area (Å²) in [6.07, 6.45) is 0. The quantitative estimate of drug-likeness (QED) is 0.398. The topological polar surface area (TPSA) is 0 Å². The molecule has 0 unspecified atom stereocenters. The van der Waals surface area contributed by atoms with Crippen molar-refractivity contribution in [3.63, 3.8) is 0 Å². The van der Waals surface area contributed by atoms with Crippen molar-refractivity contribution in [2.75, 3.05) is 0 Å². The Morgan fingerprint density at radius 1 is 0.476 bits per heavy atom. The zero-order chi connectivity index (χ0) is 14.9. The van der Waals surface area contributed by atoms with E-state index in [0.717, 1.165) is 0 Å². The van der Waals surface area contributed by atoms with E-state index in [0.29, 0.717) is 0 Å². The molecule has 0 N–H and O–H groups in total. The Morgan fingerprint density at radius 3 is 0.952 bits per heavy atom. The summed E-state index contributed by atoms with van der Waals surface area (Å²) in [5, 5.41) is 6.14. The molecule has 0 amide bonds. The average molecular weight is 474 g/mol. The summed E-state index contributed by atoms with van der Waals surface area (Å²) in [6.45, 7) is 0. The van der Waals surface area contributed by atoms with Crippen LogP contribution < -0.4 is 15.9 Å². The van der Waals surface area contributed by atoms with Crippen LogP contribution in [0.1, 0.15) is 0 Å². The van der Waals surface area contributed by atoms with Gasteiger partial charge in [-0.1, -0.05) is 91.0 Å². The van der Waals surface area contributed by atoms with Crippen molar-refractivity contribution in [1.29, 1.82) is 0 Å². The summed E-state index contributed by atoms with van der Waals surface area (Å²) in [7, 11) is -0.446. The van der Waals surface area contributed by atoms with Crippen LogP contribution in [0.25, 0.3) is 0 Å². The summed E-state index contributed by atoms with van der Waals surface area (Å²) >= 11 is 2.28. The molecule has 0 saturated carbocycles. The van der Waals surface area contributed by atoms with Crippen molar-refractivity contribution in [3.8, 4) is 0 Å². The van der Waals surface area contributed by atoms with Gasteiger partial charge in [-0.25, -0.2) is 0 Å². The van der Waals surface area contributed by atoms with Crippen molar-refractivity contribution in [3.05, 3.63) is 91.0 Å². The van der Waals surface area contributed by atoms with Crippen molar-refractivity contribution >= 4 is 23.8 Å². The number of hydrogen-bond donors (Lipinski definition) is 0. The third kappa shape index (κ3) is 4.40. The first kappa shape index (κ1) is 16.2. The molecular formula is C19H18AuP. The molecule has 2 heteroatoms. The predicted molar refractivity (Wildman–Crippen MR) is 91.0 cm³/mol. The van der Waals surface area contributed by atoms with Crippen LogP contribution in [0.5, 0.6) is 0 Å². The van der Waals surface area contributed by atoms with E-state index in [1.807, 2.05) is 5.14 Å². The molecule has 3 rings (SSSR count). The maximum Gasteiger partial charge on any atom is -0.0134 e. The maximum atomic E-state index is 2.28. The Labute approximate surface area is 140 Å². The van der Waals surface area contributed by atoms with Crippen molar-refractivity contribution in [2.45, 2.75) is 5.14 Å². The smallest absolute Gasteiger partial charge is 0.0134 e. The van der Waals surface area contributed by atoms with E-state index in [-0.39, 0.29) is 0 Å². The number of rotatable bonds is 3. The van der Waals surface area contributed by atoms with Gasteiger partial charge < -0.3 is 0 Å². The fraction of sp³-hybridized carbons (Fsp3) is 0.0526. The number of hydrogen-bond acceptors (Lipinski definition) is 0. The molecule has 0 bridgehead atoms. The molecular weight excluding hydrogens is 456 g/mol. The summed E-state index contributed by atoms with van der Waals surface area (Å²) in [5.74, 6) is 0. The normalized spacial score (nSPS) is 9.90. The Kier molecular flexibility index (Phi) is 6.92. The Morgan fingerprint density at radius 2 is 0.714 bits per heavy atom. The fourth-order valence-corrected chi connectivity index (χ4v) is 4.48. The molecule has 110 valence electrons. The van der Waals surface area contributed by atoms with Crippen LogP contribution in [0.4, 0.5) is 0 Å². The minimum atomic E-state index is -0.446. The van der Waals surface area contributed by atoms with Gasteiger partial charge in [-0.3, -0.25) is 0 Å². The van der Waals surface area contributed by atoms with Crippen LogP contribution in [0.3, 0.4) is 0 Å². The van der Waals surface area contributed by atoms with Crippen molar-refractivity contribution in [2.24, 2.45) is 0 Å². The molecule has 0 aliphatic carbocycles. The van der Waals surface area contributed by atoms with Crippen LogP contribution in [0.2, 0.25) is 5.14 Å². The molecule has 3 aromatic carbocycles. The van der Waals surface area contributed by atoms with Gasteiger partial charge in [0.05, 0.1) is 0 Å². The van der Waals surface area contributed by atoms with E-state index in [1.165, 1.54) is 15.9 Å². The predicted octanol–water partition coefficient (Wildman–Crippen LogP) is 4.03. The maximum absolute atomic E-state index is 2.28. The van der Waals surface area contributed by atoms with Crippen molar-refractivity contribution < 1.29 is 21.1 Å². The van der Waals surface area contributed by atoms with Gasteiger partial charge in [-0.2, -0.15) is 0 Å². The third-order valence-electron chi connectivity index (χ3n) is 3.04. The minimum Gasteiger partial charge on any atom is -0.0622 e. The molecule has 0 heterocycles. The van der Waals surface area contributed by atoms with Gasteiger partial charge in [0.25, 0.3) is 0 Å². The van der Waals surface area contributed by atoms with Gasteiger partial charge in [0.15, 0.2) is 0 Å².